The van der Waals surface area contributed by atoms with Crippen LogP contribution in [0.1, 0.15) is 33.1 Å². The van der Waals surface area contributed by atoms with Crippen LogP contribution in [0.3, 0.4) is 0 Å². The minimum absolute atomic E-state index is 0.219. The molecule has 0 radical (unpaired) electrons. The molecule has 1 saturated heterocycles. The zero-order valence-corrected chi connectivity index (χ0v) is 12.1. The van der Waals surface area contributed by atoms with Crippen molar-refractivity contribution in [3.8, 4) is 0 Å². The third kappa shape index (κ3) is 5.77. The maximum atomic E-state index is 11.8. The molecule has 2 atom stereocenters. The number of thioether (sulfide) groups is 1. The van der Waals surface area contributed by atoms with Crippen LogP contribution in [-0.4, -0.2) is 37.0 Å². The molecular formula is C13H26N2OS. The van der Waals surface area contributed by atoms with Crippen LogP contribution < -0.4 is 10.6 Å². The summed E-state index contributed by atoms with van der Waals surface area (Å²) in [5, 5.41) is 6.90. The Morgan fingerprint density at radius 2 is 2.06 bits per heavy atom. The topological polar surface area (TPSA) is 41.1 Å². The van der Waals surface area contributed by atoms with Crippen LogP contribution in [0.25, 0.3) is 0 Å². The quantitative estimate of drug-likeness (QED) is 0.764. The van der Waals surface area contributed by atoms with Gasteiger partial charge in [-0.25, -0.2) is 0 Å². The number of amides is 1. The number of hydrogen-bond acceptors (Lipinski definition) is 3. The van der Waals surface area contributed by atoms with E-state index in [1.54, 1.807) is 11.8 Å². The molecule has 1 amide bonds. The van der Waals surface area contributed by atoms with E-state index in [2.05, 4.69) is 30.7 Å². The van der Waals surface area contributed by atoms with E-state index in [-0.39, 0.29) is 5.91 Å². The molecule has 0 aromatic carbocycles. The molecule has 4 heteroatoms. The van der Waals surface area contributed by atoms with Gasteiger partial charge in [0.25, 0.3) is 0 Å². The highest BCUT2D eigenvalue weighted by atomic mass is 32.2. The monoisotopic (exact) mass is 258 g/mol. The Bertz CT molecular complexity index is 229. The van der Waals surface area contributed by atoms with Crippen LogP contribution in [0.15, 0.2) is 0 Å². The number of hydrogen-bond donors (Lipinski definition) is 2. The normalized spacial score (nSPS) is 20.9. The molecule has 0 spiro atoms. The largest absolute Gasteiger partial charge is 0.355 e. The van der Waals surface area contributed by atoms with Crippen molar-refractivity contribution in [3.63, 3.8) is 0 Å². The van der Waals surface area contributed by atoms with Crippen molar-refractivity contribution in [1.29, 1.82) is 0 Å². The fraction of sp³-hybridized carbons (Fsp3) is 0.923. The Morgan fingerprint density at radius 1 is 1.41 bits per heavy atom. The van der Waals surface area contributed by atoms with Gasteiger partial charge in [-0.05, 0) is 44.0 Å². The van der Waals surface area contributed by atoms with Crippen molar-refractivity contribution < 1.29 is 4.79 Å². The molecule has 0 aliphatic carbocycles. The molecule has 100 valence electrons. The highest BCUT2D eigenvalue weighted by Crippen LogP contribution is 2.24. The lowest BCUT2D eigenvalue weighted by Crippen LogP contribution is -2.34. The number of carbonyl (C=O) groups excluding carboxylic acids is 1. The van der Waals surface area contributed by atoms with Crippen LogP contribution in [-0.2, 0) is 4.79 Å². The standard InChI is InChI=1S/C13H26N2OS/c1-10(12-4-6-14-7-5-12)8-13(16)15-9-11(2)17-3/h10-12,14H,4-9H2,1-3H3,(H,15,16)/t10-,11+/m1/s1. The smallest absolute Gasteiger partial charge is 0.220 e. The van der Waals surface area contributed by atoms with E-state index in [9.17, 15) is 4.79 Å². The third-order valence-corrected chi connectivity index (χ3v) is 4.66. The summed E-state index contributed by atoms with van der Waals surface area (Å²) < 4.78 is 0. The molecule has 1 fully saturated rings. The van der Waals surface area contributed by atoms with Gasteiger partial charge in [-0.1, -0.05) is 13.8 Å². The van der Waals surface area contributed by atoms with Crippen molar-refractivity contribution in [2.24, 2.45) is 11.8 Å². The van der Waals surface area contributed by atoms with Crippen LogP contribution in [0.5, 0.6) is 0 Å². The molecule has 17 heavy (non-hydrogen) atoms. The molecule has 1 aliphatic rings. The summed E-state index contributed by atoms with van der Waals surface area (Å²) in [4.78, 5) is 11.8. The molecule has 1 heterocycles. The van der Waals surface area contributed by atoms with Gasteiger partial charge in [0.2, 0.25) is 5.91 Å². The van der Waals surface area contributed by atoms with Crippen LogP contribution in [0, 0.1) is 11.8 Å². The fourth-order valence-corrected chi connectivity index (χ4v) is 2.54. The first kappa shape index (κ1) is 14.8. The number of nitrogens with one attached hydrogen (secondary N) is 2. The van der Waals surface area contributed by atoms with E-state index in [1.165, 1.54) is 12.8 Å². The van der Waals surface area contributed by atoms with E-state index in [4.69, 9.17) is 0 Å². The maximum Gasteiger partial charge on any atom is 0.220 e. The Labute approximate surface area is 109 Å². The Balaban J connectivity index is 2.20. The fourth-order valence-electron chi connectivity index (χ4n) is 2.29. The van der Waals surface area contributed by atoms with E-state index in [0.29, 0.717) is 17.6 Å². The summed E-state index contributed by atoms with van der Waals surface area (Å²) in [7, 11) is 0. The molecule has 0 bridgehead atoms. The molecule has 0 aromatic rings. The summed E-state index contributed by atoms with van der Waals surface area (Å²) >= 11 is 1.79. The number of piperidine rings is 1. The highest BCUT2D eigenvalue weighted by Gasteiger charge is 2.21. The zero-order chi connectivity index (χ0) is 12.7. The molecule has 2 N–H and O–H groups in total. The minimum Gasteiger partial charge on any atom is -0.355 e. The van der Waals surface area contributed by atoms with Gasteiger partial charge < -0.3 is 10.6 Å². The van der Waals surface area contributed by atoms with Crippen molar-refractivity contribution >= 4 is 17.7 Å². The molecule has 0 unspecified atom stereocenters. The predicted octanol–water partition coefficient (Wildman–Crippen LogP) is 1.88. The first-order chi connectivity index (χ1) is 8.13. The second-order valence-electron chi connectivity index (χ2n) is 5.12. The second-order valence-corrected chi connectivity index (χ2v) is 6.40. The summed E-state index contributed by atoms with van der Waals surface area (Å²) in [6.07, 6.45) is 5.20. The summed E-state index contributed by atoms with van der Waals surface area (Å²) in [6.45, 7) is 7.37. The molecule has 0 aromatic heterocycles. The first-order valence-corrected chi connectivity index (χ1v) is 7.92. The Kier molecular flexibility index (Phi) is 6.97. The van der Waals surface area contributed by atoms with Crippen molar-refractivity contribution in [2.75, 3.05) is 25.9 Å². The molecule has 1 rings (SSSR count). The lowest BCUT2D eigenvalue weighted by atomic mass is 9.84. The number of carbonyl (C=O) groups is 1. The van der Waals surface area contributed by atoms with Gasteiger partial charge in [-0.3, -0.25) is 4.79 Å². The molecule has 1 aliphatic heterocycles. The van der Waals surface area contributed by atoms with Crippen molar-refractivity contribution in [1.82, 2.24) is 10.6 Å². The van der Waals surface area contributed by atoms with Gasteiger partial charge in [0, 0.05) is 18.2 Å². The van der Waals surface area contributed by atoms with Gasteiger partial charge in [0.05, 0.1) is 0 Å². The minimum atomic E-state index is 0.219. The predicted molar refractivity (Wildman–Crippen MR) is 75.4 cm³/mol. The van der Waals surface area contributed by atoms with Gasteiger partial charge in [-0.15, -0.1) is 0 Å². The van der Waals surface area contributed by atoms with Crippen molar-refractivity contribution in [2.45, 2.75) is 38.4 Å². The van der Waals surface area contributed by atoms with Crippen LogP contribution >= 0.6 is 11.8 Å². The Hall–Kier alpha value is -0.220. The molecule has 0 saturated carbocycles. The lowest BCUT2D eigenvalue weighted by molar-refractivity contribution is -0.122. The van der Waals surface area contributed by atoms with Crippen LogP contribution in [0.2, 0.25) is 0 Å². The average Bonchev–Trinajstić information content (AvgIpc) is 2.36. The van der Waals surface area contributed by atoms with E-state index in [1.807, 2.05) is 0 Å². The van der Waals surface area contributed by atoms with Gasteiger partial charge >= 0.3 is 0 Å². The summed E-state index contributed by atoms with van der Waals surface area (Å²) in [5.41, 5.74) is 0. The lowest BCUT2D eigenvalue weighted by Gasteiger charge is -2.28. The zero-order valence-electron chi connectivity index (χ0n) is 11.3. The third-order valence-electron chi connectivity index (χ3n) is 3.68. The first-order valence-electron chi connectivity index (χ1n) is 6.63. The van der Waals surface area contributed by atoms with Gasteiger partial charge in [0.15, 0.2) is 0 Å². The highest BCUT2D eigenvalue weighted by molar-refractivity contribution is 7.99. The summed E-state index contributed by atoms with van der Waals surface area (Å²) in [6, 6.07) is 0. The van der Waals surface area contributed by atoms with E-state index >= 15 is 0 Å². The maximum absolute atomic E-state index is 11.8. The van der Waals surface area contributed by atoms with E-state index < -0.39 is 0 Å². The van der Waals surface area contributed by atoms with Gasteiger partial charge in [0.1, 0.15) is 0 Å². The summed E-state index contributed by atoms with van der Waals surface area (Å²) in [5.74, 6) is 1.46. The second kappa shape index (κ2) is 7.98. The van der Waals surface area contributed by atoms with Crippen molar-refractivity contribution in [3.05, 3.63) is 0 Å². The van der Waals surface area contributed by atoms with E-state index in [0.717, 1.165) is 25.6 Å². The SMILES string of the molecule is CS[C@@H](C)CNC(=O)C[C@@H](C)C1CCNCC1. The number of rotatable bonds is 6. The van der Waals surface area contributed by atoms with Gasteiger partial charge in [-0.2, -0.15) is 11.8 Å². The average molecular weight is 258 g/mol. The van der Waals surface area contributed by atoms with Crippen LogP contribution in [0.4, 0.5) is 0 Å². The molecular weight excluding hydrogens is 232 g/mol. The molecule has 3 nitrogen and oxygen atoms in total. The Morgan fingerprint density at radius 3 is 2.65 bits per heavy atom.